The first kappa shape index (κ1) is 13.3. The maximum Gasteiger partial charge on any atom is 0.307 e. The van der Waals surface area contributed by atoms with Gasteiger partial charge in [0.25, 0.3) is 0 Å². The predicted molar refractivity (Wildman–Crippen MR) is 75.4 cm³/mol. The van der Waals surface area contributed by atoms with Crippen molar-refractivity contribution in [3.8, 4) is 11.4 Å². The SMILES string of the molecule is Cc1cc(-c2noc(C3CC3C(=O)O)n2)cc(C)c1Br. The lowest BCUT2D eigenvalue weighted by Gasteiger charge is -2.04. The first-order chi connectivity index (χ1) is 9.47. The van der Waals surface area contributed by atoms with Crippen LogP contribution in [0.5, 0.6) is 0 Å². The third-order valence-corrected chi connectivity index (χ3v) is 4.81. The predicted octanol–water partition coefficient (Wildman–Crippen LogP) is 3.30. The summed E-state index contributed by atoms with van der Waals surface area (Å²) in [4.78, 5) is 15.2. The van der Waals surface area contributed by atoms with E-state index in [9.17, 15) is 4.79 Å². The highest BCUT2D eigenvalue weighted by Gasteiger charge is 2.48. The third kappa shape index (κ3) is 2.24. The molecule has 2 aromatic rings. The van der Waals surface area contributed by atoms with Gasteiger partial charge in [0.05, 0.1) is 11.8 Å². The van der Waals surface area contributed by atoms with E-state index < -0.39 is 5.97 Å². The van der Waals surface area contributed by atoms with E-state index in [0.717, 1.165) is 21.2 Å². The summed E-state index contributed by atoms with van der Waals surface area (Å²) in [5, 5.41) is 12.9. The van der Waals surface area contributed by atoms with E-state index in [2.05, 4.69) is 26.1 Å². The molecule has 20 heavy (non-hydrogen) atoms. The fourth-order valence-corrected chi connectivity index (χ4v) is 2.55. The summed E-state index contributed by atoms with van der Waals surface area (Å²) < 4.78 is 6.26. The van der Waals surface area contributed by atoms with E-state index in [-0.39, 0.29) is 11.8 Å². The fraction of sp³-hybridized carbons (Fsp3) is 0.357. The van der Waals surface area contributed by atoms with Crippen LogP contribution in [0.1, 0.15) is 29.4 Å². The van der Waals surface area contributed by atoms with Crippen LogP contribution < -0.4 is 0 Å². The number of carbonyl (C=O) groups is 1. The molecule has 0 bridgehead atoms. The maximum atomic E-state index is 10.9. The second kappa shape index (κ2) is 4.70. The molecule has 1 fully saturated rings. The Kier molecular flexibility index (Phi) is 3.12. The molecular formula is C14H13BrN2O3. The van der Waals surface area contributed by atoms with Crippen molar-refractivity contribution in [2.75, 3.05) is 0 Å². The van der Waals surface area contributed by atoms with Crippen LogP contribution >= 0.6 is 15.9 Å². The van der Waals surface area contributed by atoms with Gasteiger partial charge in [0.1, 0.15) is 0 Å². The molecule has 1 aliphatic rings. The molecule has 0 radical (unpaired) electrons. The summed E-state index contributed by atoms with van der Waals surface area (Å²) in [6.07, 6.45) is 0.579. The normalized spacial score (nSPS) is 20.9. The Morgan fingerprint density at radius 3 is 2.60 bits per heavy atom. The Balaban J connectivity index is 1.89. The van der Waals surface area contributed by atoms with E-state index in [4.69, 9.17) is 9.63 Å². The van der Waals surface area contributed by atoms with Gasteiger partial charge in [-0.1, -0.05) is 21.1 Å². The van der Waals surface area contributed by atoms with Crippen LogP contribution in [0, 0.1) is 19.8 Å². The van der Waals surface area contributed by atoms with Crippen molar-refractivity contribution in [3.63, 3.8) is 0 Å². The third-order valence-electron chi connectivity index (χ3n) is 3.56. The van der Waals surface area contributed by atoms with Crippen molar-refractivity contribution >= 4 is 21.9 Å². The largest absolute Gasteiger partial charge is 0.481 e. The number of nitrogens with zero attached hydrogens (tertiary/aromatic N) is 2. The van der Waals surface area contributed by atoms with E-state index in [1.54, 1.807) is 0 Å². The van der Waals surface area contributed by atoms with Gasteiger partial charge < -0.3 is 9.63 Å². The first-order valence-corrected chi connectivity index (χ1v) is 7.10. The first-order valence-electron chi connectivity index (χ1n) is 6.31. The zero-order chi connectivity index (χ0) is 14.4. The highest BCUT2D eigenvalue weighted by Crippen LogP contribution is 2.47. The zero-order valence-corrected chi connectivity index (χ0v) is 12.6. The average molecular weight is 337 g/mol. The van der Waals surface area contributed by atoms with E-state index >= 15 is 0 Å². The lowest BCUT2D eigenvalue weighted by atomic mass is 10.1. The number of aromatic nitrogens is 2. The van der Waals surface area contributed by atoms with Gasteiger partial charge in [0.15, 0.2) is 0 Å². The Bertz CT molecular complexity index is 672. The molecule has 1 N–H and O–H groups in total. The minimum atomic E-state index is -0.801. The molecule has 0 saturated heterocycles. The Labute approximate surface area is 124 Å². The number of benzene rings is 1. The van der Waals surface area contributed by atoms with Gasteiger partial charge in [-0.05, 0) is 43.5 Å². The van der Waals surface area contributed by atoms with Crippen molar-refractivity contribution in [1.82, 2.24) is 10.1 Å². The minimum Gasteiger partial charge on any atom is -0.481 e. The number of rotatable bonds is 3. The summed E-state index contributed by atoms with van der Waals surface area (Å²) >= 11 is 3.52. The fourth-order valence-electron chi connectivity index (χ4n) is 2.32. The maximum absolute atomic E-state index is 10.9. The van der Waals surface area contributed by atoms with Crippen molar-refractivity contribution in [1.29, 1.82) is 0 Å². The molecule has 1 aromatic heterocycles. The van der Waals surface area contributed by atoms with Gasteiger partial charge in [-0.25, -0.2) is 0 Å². The molecule has 5 nitrogen and oxygen atoms in total. The van der Waals surface area contributed by atoms with Gasteiger partial charge in [0, 0.05) is 10.0 Å². The summed E-state index contributed by atoms with van der Waals surface area (Å²) in [7, 11) is 0. The van der Waals surface area contributed by atoms with Gasteiger partial charge in [-0.3, -0.25) is 4.79 Å². The molecule has 6 heteroatoms. The quantitative estimate of drug-likeness (QED) is 0.930. The number of carboxylic acids is 1. The minimum absolute atomic E-state index is 0.133. The van der Waals surface area contributed by atoms with Gasteiger partial charge >= 0.3 is 5.97 Å². The summed E-state index contributed by atoms with van der Waals surface area (Å²) in [5.41, 5.74) is 3.08. The lowest BCUT2D eigenvalue weighted by molar-refractivity contribution is -0.138. The van der Waals surface area contributed by atoms with Crippen molar-refractivity contribution in [2.45, 2.75) is 26.2 Å². The van der Waals surface area contributed by atoms with Crippen LogP contribution in [0.3, 0.4) is 0 Å². The molecule has 1 aliphatic carbocycles. The van der Waals surface area contributed by atoms with E-state index in [0.29, 0.717) is 18.1 Å². The summed E-state index contributed by atoms with van der Waals surface area (Å²) in [6.45, 7) is 4.01. The monoisotopic (exact) mass is 336 g/mol. The summed E-state index contributed by atoms with van der Waals surface area (Å²) in [6, 6.07) is 3.96. The smallest absolute Gasteiger partial charge is 0.307 e. The Morgan fingerprint density at radius 1 is 1.40 bits per heavy atom. The molecule has 2 unspecified atom stereocenters. The van der Waals surface area contributed by atoms with E-state index in [1.165, 1.54) is 0 Å². The molecule has 2 atom stereocenters. The molecule has 1 aromatic carbocycles. The number of carboxylic acid groups (broad SMARTS) is 1. The number of halogens is 1. The zero-order valence-electron chi connectivity index (χ0n) is 11.1. The number of hydrogen-bond acceptors (Lipinski definition) is 4. The topological polar surface area (TPSA) is 76.2 Å². The molecule has 1 heterocycles. The van der Waals surface area contributed by atoms with Gasteiger partial charge in [-0.15, -0.1) is 0 Å². The van der Waals surface area contributed by atoms with Crippen molar-refractivity contribution < 1.29 is 14.4 Å². The molecule has 1 saturated carbocycles. The second-order valence-corrected chi connectivity index (χ2v) is 5.96. The van der Waals surface area contributed by atoms with E-state index in [1.807, 2.05) is 26.0 Å². The lowest BCUT2D eigenvalue weighted by Crippen LogP contribution is -1.98. The van der Waals surface area contributed by atoms with Crippen LogP contribution in [-0.2, 0) is 4.79 Å². The van der Waals surface area contributed by atoms with Crippen LogP contribution in [0.25, 0.3) is 11.4 Å². The second-order valence-electron chi connectivity index (χ2n) is 5.17. The number of hydrogen-bond donors (Lipinski definition) is 1. The molecule has 3 rings (SSSR count). The van der Waals surface area contributed by atoms with Gasteiger partial charge in [-0.2, -0.15) is 4.98 Å². The highest BCUT2D eigenvalue weighted by atomic mass is 79.9. The summed E-state index contributed by atoms with van der Waals surface area (Å²) in [5.74, 6) is -0.381. The molecular weight excluding hydrogens is 324 g/mol. The molecule has 0 spiro atoms. The van der Waals surface area contributed by atoms with Crippen LogP contribution in [-0.4, -0.2) is 21.2 Å². The van der Waals surface area contributed by atoms with Gasteiger partial charge in [0.2, 0.25) is 11.7 Å². The molecule has 0 aliphatic heterocycles. The number of aliphatic carboxylic acids is 1. The van der Waals surface area contributed by atoms with Crippen molar-refractivity contribution in [2.24, 2.45) is 5.92 Å². The van der Waals surface area contributed by atoms with Crippen LogP contribution in [0.2, 0.25) is 0 Å². The number of aryl methyl sites for hydroxylation is 2. The molecule has 0 amide bonds. The average Bonchev–Trinajstić information content (AvgIpc) is 3.06. The van der Waals surface area contributed by atoms with Crippen LogP contribution in [0.15, 0.2) is 21.1 Å². The Hall–Kier alpha value is -1.69. The molecule has 104 valence electrons. The standard InChI is InChI=1S/C14H13BrN2O3/c1-6-3-8(4-7(2)11(6)15)12-16-13(20-17-12)9-5-10(9)14(18)19/h3-4,9-10H,5H2,1-2H3,(H,18,19). The van der Waals surface area contributed by atoms with Crippen LogP contribution in [0.4, 0.5) is 0 Å². The highest BCUT2D eigenvalue weighted by molar-refractivity contribution is 9.10. The van der Waals surface area contributed by atoms with Crippen molar-refractivity contribution in [3.05, 3.63) is 33.6 Å². The Morgan fingerprint density at radius 2 is 2.05 bits per heavy atom.